The molecule has 4 heteroatoms. The van der Waals surface area contributed by atoms with Gasteiger partial charge in [0, 0.05) is 16.7 Å². The second kappa shape index (κ2) is 4.10. The van der Waals surface area contributed by atoms with Gasteiger partial charge in [-0.3, -0.25) is 0 Å². The van der Waals surface area contributed by atoms with E-state index in [-0.39, 0.29) is 5.75 Å². The Morgan fingerprint density at radius 3 is 2.38 bits per heavy atom. The SMILES string of the molecule is Oc1cc(F)cc(-c2cc(F)ccc2Cl)c1. The van der Waals surface area contributed by atoms with Crippen molar-refractivity contribution in [3.8, 4) is 16.9 Å². The van der Waals surface area contributed by atoms with Crippen LogP contribution in [0.15, 0.2) is 36.4 Å². The lowest BCUT2D eigenvalue weighted by Crippen LogP contribution is -1.84. The zero-order chi connectivity index (χ0) is 11.7. The molecular weight excluding hydrogens is 234 g/mol. The minimum Gasteiger partial charge on any atom is -0.508 e. The van der Waals surface area contributed by atoms with E-state index in [2.05, 4.69) is 0 Å². The third kappa shape index (κ3) is 2.14. The van der Waals surface area contributed by atoms with Crippen LogP contribution in [0.25, 0.3) is 11.1 Å². The molecule has 82 valence electrons. The summed E-state index contributed by atoms with van der Waals surface area (Å²) in [6.07, 6.45) is 0. The molecule has 0 heterocycles. The molecule has 0 aliphatic heterocycles. The van der Waals surface area contributed by atoms with Gasteiger partial charge in [0.15, 0.2) is 0 Å². The van der Waals surface area contributed by atoms with Gasteiger partial charge in [0.2, 0.25) is 0 Å². The summed E-state index contributed by atoms with van der Waals surface area (Å²) in [5, 5.41) is 9.54. The minimum atomic E-state index is -0.602. The van der Waals surface area contributed by atoms with Crippen LogP contribution in [-0.2, 0) is 0 Å². The summed E-state index contributed by atoms with van der Waals surface area (Å²) in [6.45, 7) is 0. The molecular formula is C12H7ClF2O. The summed E-state index contributed by atoms with van der Waals surface area (Å²) >= 11 is 5.86. The van der Waals surface area contributed by atoms with Crippen molar-refractivity contribution in [3.05, 3.63) is 53.1 Å². The number of benzene rings is 2. The van der Waals surface area contributed by atoms with E-state index in [1.54, 1.807) is 0 Å². The highest BCUT2D eigenvalue weighted by Gasteiger charge is 2.07. The van der Waals surface area contributed by atoms with E-state index in [1.165, 1.54) is 30.3 Å². The first kappa shape index (κ1) is 10.9. The molecule has 0 saturated heterocycles. The molecule has 0 spiro atoms. The predicted molar refractivity (Wildman–Crippen MR) is 58.5 cm³/mol. The summed E-state index contributed by atoms with van der Waals surface area (Å²) in [5.74, 6) is -1.30. The average molecular weight is 241 g/mol. The smallest absolute Gasteiger partial charge is 0.127 e. The summed E-state index contributed by atoms with van der Waals surface area (Å²) in [4.78, 5) is 0. The van der Waals surface area contributed by atoms with Gasteiger partial charge in [-0.25, -0.2) is 8.78 Å². The number of phenolic OH excluding ortho intramolecular Hbond substituents is 1. The van der Waals surface area contributed by atoms with Crippen LogP contribution in [0, 0.1) is 11.6 Å². The fourth-order valence-electron chi connectivity index (χ4n) is 1.45. The van der Waals surface area contributed by atoms with E-state index in [4.69, 9.17) is 11.6 Å². The van der Waals surface area contributed by atoms with E-state index < -0.39 is 11.6 Å². The summed E-state index contributed by atoms with van der Waals surface area (Å²) < 4.78 is 26.1. The normalized spacial score (nSPS) is 10.4. The number of phenols is 1. The Balaban J connectivity index is 2.62. The molecule has 0 unspecified atom stereocenters. The van der Waals surface area contributed by atoms with Gasteiger partial charge in [0.1, 0.15) is 17.4 Å². The Labute approximate surface area is 95.9 Å². The van der Waals surface area contributed by atoms with Gasteiger partial charge in [0.25, 0.3) is 0 Å². The molecule has 2 rings (SSSR count). The van der Waals surface area contributed by atoms with E-state index in [9.17, 15) is 13.9 Å². The van der Waals surface area contributed by atoms with Crippen LogP contribution in [0.5, 0.6) is 5.75 Å². The average Bonchev–Trinajstić information content (AvgIpc) is 2.20. The van der Waals surface area contributed by atoms with Gasteiger partial charge in [-0.05, 0) is 35.9 Å². The van der Waals surface area contributed by atoms with Crippen LogP contribution in [-0.4, -0.2) is 5.11 Å². The van der Waals surface area contributed by atoms with Gasteiger partial charge in [-0.1, -0.05) is 11.6 Å². The Hall–Kier alpha value is -1.61. The van der Waals surface area contributed by atoms with Crippen LogP contribution in [0.1, 0.15) is 0 Å². The van der Waals surface area contributed by atoms with Gasteiger partial charge < -0.3 is 5.11 Å². The lowest BCUT2D eigenvalue weighted by atomic mass is 10.1. The fourth-order valence-corrected chi connectivity index (χ4v) is 1.68. The first-order chi connectivity index (χ1) is 7.56. The summed E-state index contributed by atoms with van der Waals surface area (Å²) in [7, 11) is 0. The second-order valence-corrected chi connectivity index (χ2v) is 3.73. The lowest BCUT2D eigenvalue weighted by Gasteiger charge is -2.05. The van der Waals surface area contributed by atoms with Crippen molar-refractivity contribution in [1.82, 2.24) is 0 Å². The van der Waals surface area contributed by atoms with Gasteiger partial charge in [-0.2, -0.15) is 0 Å². The minimum absolute atomic E-state index is 0.227. The second-order valence-electron chi connectivity index (χ2n) is 3.32. The van der Waals surface area contributed by atoms with E-state index in [0.717, 1.165) is 6.07 Å². The van der Waals surface area contributed by atoms with E-state index in [1.807, 2.05) is 0 Å². The molecule has 0 fully saturated rings. The number of rotatable bonds is 1. The highest BCUT2D eigenvalue weighted by molar-refractivity contribution is 6.33. The molecule has 0 aromatic heterocycles. The van der Waals surface area contributed by atoms with Crippen molar-refractivity contribution < 1.29 is 13.9 Å². The molecule has 0 amide bonds. The van der Waals surface area contributed by atoms with Gasteiger partial charge in [-0.15, -0.1) is 0 Å². The highest BCUT2D eigenvalue weighted by atomic mass is 35.5. The number of halogens is 3. The maximum atomic E-state index is 13.0. The third-order valence-corrected chi connectivity index (χ3v) is 2.45. The lowest BCUT2D eigenvalue weighted by molar-refractivity contribution is 0.469. The molecule has 0 aliphatic carbocycles. The van der Waals surface area contributed by atoms with Crippen LogP contribution in [0.2, 0.25) is 5.02 Å². The summed E-state index contributed by atoms with van der Waals surface area (Å²) in [6, 6.07) is 7.26. The number of hydrogen-bond donors (Lipinski definition) is 1. The van der Waals surface area contributed by atoms with Crippen molar-refractivity contribution in [2.24, 2.45) is 0 Å². The Morgan fingerprint density at radius 2 is 1.69 bits per heavy atom. The molecule has 0 atom stereocenters. The number of aromatic hydroxyl groups is 1. The molecule has 1 nitrogen and oxygen atoms in total. The highest BCUT2D eigenvalue weighted by Crippen LogP contribution is 2.31. The number of hydrogen-bond acceptors (Lipinski definition) is 1. The van der Waals surface area contributed by atoms with Crippen molar-refractivity contribution in [2.45, 2.75) is 0 Å². The van der Waals surface area contributed by atoms with Crippen molar-refractivity contribution in [1.29, 1.82) is 0 Å². The summed E-state index contributed by atoms with van der Waals surface area (Å²) in [5.41, 5.74) is 0.679. The van der Waals surface area contributed by atoms with Crippen molar-refractivity contribution >= 4 is 11.6 Å². The monoisotopic (exact) mass is 240 g/mol. The maximum Gasteiger partial charge on any atom is 0.127 e. The molecule has 2 aromatic rings. The zero-order valence-corrected chi connectivity index (χ0v) is 8.80. The predicted octanol–water partition coefficient (Wildman–Crippen LogP) is 3.99. The van der Waals surface area contributed by atoms with Crippen molar-refractivity contribution in [2.75, 3.05) is 0 Å². The molecule has 2 aromatic carbocycles. The molecule has 0 aliphatic rings. The van der Waals surface area contributed by atoms with E-state index in [0.29, 0.717) is 16.1 Å². The zero-order valence-electron chi connectivity index (χ0n) is 8.05. The quantitative estimate of drug-likeness (QED) is 0.799. The Bertz CT molecular complexity index is 520. The van der Waals surface area contributed by atoms with Crippen LogP contribution < -0.4 is 0 Å². The Kier molecular flexibility index (Phi) is 2.79. The van der Waals surface area contributed by atoms with Crippen LogP contribution in [0.3, 0.4) is 0 Å². The topological polar surface area (TPSA) is 20.2 Å². The molecule has 0 bridgehead atoms. The molecule has 1 N–H and O–H groups in total. The van der Waals surface area contributed by atoms with E-state index >= 15 is 0 Å². The maximum absolute atomic E-state index is 13.0. The van der Waals surface area contributed by atoms with Crippen LogP contribution in [0.4, 0.5) is 8.78 Å². The molecule has 0 saturated carbocycles. The first-order valence-electron chi connectivity index (χ1n) is 4.51. The standard InChI is InChI=1S/C12H7ClF2O/c13-12-2-1-8(14)6-11(12)7-3-9(15)5-10(16)4-7/h1-6,16H. The Morgan fingerprint density at radius 1 is 0.938 bits per heavy atom. The largest absolute Gasteiger partial charge is 0.508 e. The van der Waals surface area contributed by atoms with Crippen LogP contribution >= 0.6 is 11.6 Å². The molecule has 0 radical (unpaired) electrons. The fraction of sp³-hybridized carbons (Fsp3) is 0. The third-order valence-electron chi connectivity index (χ3n) is 2.12. The van der Waals surface area contributed by atoms with Crippen molar-refractivity contribution in [3.63, 3.8) is 0 Å². The molecule has 16 heavy (non-hydrogen) atoms. The van der Waals surface area contributed by atoms with Gasteiger partial charge in [0.05, 0.1) is 0 Å². The van der Waals surface area contributed by atoms with Gasteiger partial charge >= 0.3 is 0 Å². The first-order valence-corrected chi connectivity index (χ1v) is 4.89.